The molecule has 3 nitrogen and oxygen atoms in total. The van der Waals surface area contributed by atoms with E-state index >= 15 is 0 Å². The van der Waals surface area contributed by atoms with Crippen LogP contribution in [0.15, 0.2) is 36.4 Å². The first-order valence-corrected chi connectivity index (χ1v) is 7.01. The molecule has 19 heavy (non-hydrogen) atoms. The highest BCUT2D eigenvalue weighted by Gasteiger charge is 2.07. The molecular weight excluding hydrogens is 258 g/mol. The lowest BCUT2D eigenvalue weighted by molar-refractivity contribution is 0.0697. The molecule has 0 spiro atoms. The highest BCUT2D eigenvalue weighted by atomic mass is 32.1. The molecule has 0 aliphatic rings. The first-order chi connectivity index (χ1) is 9.04. The van der Waals surface area contributed by atoms with Crippen molar-refractivity contribution in [1.82, 2.24) is 0 Å². The second-order valence-corrected chi connectivity index (χ2v) is 6.02. The second-order valence-electron chi connectivity index (χ2n) is 4.65. The number of carbonyl (C=O) groups is 1. The van der Waals surface area contributed by atoms with E-state index in [0.717, 1.165) is 12.1 Å². The van der Waals surface area contributed by atoms with Gasteiger partial charge in [0.2, 0.25) is 0 Å². The van der Waals surface area contributed by atoms with Crippen molar-refractivity contribution in [3.8, 4) is 0 Å². The first kappa shape index (κ1) is 13.6. The molecule has 0 radical (unpaired) electrons. The van der Waals surface area contributed by atoms with E-state index in [-0.39, 0.29) is 6.04 Å². The predicted octanol–water partition coefficient (Wildman–Crippen LogP) is 3.80. The fourth-order valence-corrected chi connectivity index (χ4v) is 2.99. The van der Waals surface area contributed by atoms with E-state index in [1.807, 2.05) is 6.07 Å². The minimum absolute atomic E-state index is 0.266. The number of carboxylic acids is 1. The lowest BCUT2D eigenvalue weighted by Gasteiger charge is -2.14. The van der Waals surface area contributed by atoms with E-state index in [0.29, 0.717) is 5.56 Å². The number of aryl methyl sites for hydroxylation is 1. The monoisotopic (exact) mass is 275 g/mol. The summed E-state index contributed by atoms with van der Waals surface area (Å²) in [5.41, 5.74) is 1.16. The Morgan fingerprint density at radius 1 is 1.37 bits per heavy atom. The van der Waals surface area contributed by atoms with Gasteiger partial charge in [-0.15, -0.1) is 11.3 Å². The normalized spacial score (nSPS) is 12.1. The van der Waals surface area contributed by atoms with Crippen molar-refractivity contribution in [2.24, 2.45) is 0 Å². The van der Waals surface area contributed by atoms with Crippen molar-refractivity contribution in [3.63, 3.8) is 0 Å². The zero-order valence-electron chi connectivity index (χ0n) is 11.0. The van der Waals surface area contributed by atoms with E-state index < -0.39 is 5.97 Å². The third kappa shape index (κ3) is 3.83. The van der Waals surface area contributed by atoms with Gasteiger partial charge in [0.15, 0.2) is 0 Å². The molecule has 0 saturated carbocycles. The zero-order valence-corrected chi connectivity index (χ0v) is 11.8. The van der Waals surface area contributed by atoms with Gasteiger partial charge in [-0.25, -0.2) is 4.79 Å². The molecule has 100 valence electrons. The van der Waals surface area contributed by atoms with Crippen molar-refractivity contribution in [2.75, 3.05) is 5.32 Å². The maximum absolute atomic E-state index is 10.9. The van der Waals surface area contributed by atoms with Gasteiger partial charge in [-0.1, -0.05) is 6.07 Å². The van der Waals surface area contributed by atoms with Crippen LogP contribution >= 0.6 is 11.3 Å². The molecule has 1 atom stereocenters. The Balaban J connectivity index is 2.00. The molecular formula is C15H17NO2S. The second kappa shape index (κ2) is 5.89. The van der Waals surface area contributed by atoms with Gasteiger partial charge in [-0.05, 0) is 44.2 Å². The zero-order chi connectivity index (χ0) is 13.8. The Kier molecular flexibility index (Phi) is 4.22. The molecule has 1 aromatic heterocycles. The molecule has 2 aromatic rings. The Bertz CT molecular complexity index is 577. The molecule has 2 rings (SSSR count). The van der Waals surface area contributed by atoms with Crippen LogP contribution in [-0.2, 0) is 6.42 Å². The summed E-state index contributed by atoms with van der Waals surface area (Å²) >= 11 is 1.80. The van der Waals surface area contributed by atoms with E-state index in [4.69, 9.17) is 5.11 Å². The Morgan fingerprint density at radius 2 is 2.16 bits per heavy atom. The van der Waals surface area contributed by atoms with E-state index in [9.17, 15) is 4.79 Å². The van der Waals surface area contributed by atoms with E-state index in [2.05, 4.69) is 31.3 Å². The molecule has 2 N–H and O–H groups in total. The van der Waals surface area contributed by atoms with Crippen molar-refractivity contribution >= 4 is 23.0 Å². The number of rotatable bonds is 5. The summed E-state index contributed by atoms with van der Waals surface area (Å²) in [6.45, 7) is 4.20. The number of benzene rings is 1. The van der Waals surface area contributed by atoms with Crippen molar-refractivity contribution in [3.05, 3.63) is 51.7 Å². The first-order valence-electron chi connectivity index (χ1n) is 6.20. The van der Waals surface area contributed by atoms with Crippen molar-refractivity contribution in [2.45, 2.75) is 26.3 Å². The van der Waals surface area contributed by atoms with Gasteiger partial charge in [0.05, 0.1) is 5.56 Å². The average molecular weight is 275 g/mol. The molecule has 1 unspecified atom stereocenters. The van der Waals surface area contributed by atoms with Crippen LogP contribution in [0.4, 0.5) is 5.69 Å². The summed E-state index contributed by atoms with van der Waals surface area (Å²) in [6.07, 6.45) is 0.940. The van der Waals surface area contributed by atoms with Gasteiger partial charge in [0.1, 0.15) is 0 Å². The van der Waals surface area contributed by atoms with Crippen LogP contribution in [0.2, 0.25) is 0 Å². The molecule has 1 aromatic carbocycles. The fourth-order valence-electron chi connectivity index (χ4n) is 1.97. The number of thiophene rings is 1. The SMILES string of the molecule is Cc1ccc(CC(C)Nc2cccc(C(=O)O)c2)s1. The number of hydrogen-bond acceptors (Lipinski definition) is 3. The fraction of sp³-hybridized carbons (Fsp3) is 0.267. The maximum Gasteiger partial charge on any atom is 0.335 e. The van der Waals surface area contributed by atoms with Gasteiger partial charge >= 0.3 is 5.97 Å². The van der Waals surface area contributed by atoms with Crippen LogP contribution in [0, 0.1) is 6.92 Å². The van der Waals surface area contributed by atoms with Gasteiger partial charge in [0.25, 0.3) is 0 Å². The number of aromatic carboxylic acids is 1. The highest BCUT2D eigenvalue weighted by Crippen LogP contribution is 2.19. The van der Waals surface area contributed by atoms with Gasteiger partial charge in [-0.3, -0.25) is 0 Å². The quantitative estimate of drug-likeness (QED) is 0.872. The standard InChI is InChI=1S/C15H17NO2S/c1-10(8-14-7-6-11(2)19-14)16-13-5-3-4-12(9-13)15(17)18/h3-7,9-10,16H,8H2,1-2H3,(H,17,18). The molecule has 0 bridgehead atoms. The predicted molar refractivity (Wildman–Crippen MR) is 79.2 cm³/mol. The average Bonchev–Trinajstić information content (AvgIpc) is 2.74. The Hall–Kier alpha value is -1.81. The van der Waals surface area contributed by atoms with Crippen LogP contribution in [-0.4, -0.2) is 17.1 Å². The molecule has 0 saturated heterocycles. The lowest BCUT2D eigenvalue weighted by Crippen LogP contribution is -2.17. The Morgan fingerprint density at radius 3 is 2.79 bits per heavy atom. The summed E-state index contributed by atoms with van der Waals surface area (Å²) in [7, 11) is 0. The van der Waals surface area contributed by atoms with Crippen LogP contribution < -0.4 is 5.32 Å². The molecule has 1 heterocycles. The van der Waals surface area contributed by atoms with E-state index in [1.54, 1.807) is 29.5 Å². The lowest BCUT2D eigenvalue weighted by atomic mass is 10.1. The number of anilines is 1. The minimum atomic E-state index is -0.898. The summed E-state index contributed by atoms with van der Waals surface area (Å²) in [4.78, 5) is 13.6. The number of hydrogen-bond donors (Lipinski definition) is 2. The summed E-state index contributed by atoms with van der Waals surface area (Å²) in [6, 6.07) is 11.4. The van der Waals surface area contributed by atoms with Crippen LogP contribution in [0.25, 0.3) is 0 Å². The number of nitrogens with one attached hydrogen (secondary N) is 1. The third-order valence-corrected chi connectivity index (χ3v) is 3.85. The van der Waals surface area contributed by atoms with Crippen LogP contribution in [0.5, 0.6) is 0 Å². The molecule has 4 heteroatoms. The van der Waals surface area contributed by atoms with Crippen molar-refractivity contribution < 1.29 is 9.90 Å². The number of carboxylic acid groups (broad SMARTS) is 1. The largest absolute Gasteiger partial charge is 0.478 e. The van der Waals surface area contributed by atoms with Crippen molar-refractivity contribution in [1.29, 1.82) is 0 Å². The molecule has 0 aliphatic carbocycles. The Labute approximate surface area is 116 Å². The minimum Gasteiger partial charge on any atom is -0.478 e. The molecule has 0 aliphatic heterocycles. The van der Waals surface area contributed by atoms with Crippen LogP contribution in [0.1, 0.15) is 27.0 Å². The molecule has 0 amide bonds. The highest BCUT2D eigenvalue weighted by molar-refractivity contribution is 7.11. The smallest absolute Gasteiger partial charge is 0.335 e. The third-order valence-electron chi connectivity index (χ3n) is 2.83. The van der Waals surface area contributed by atoms with Gasteiger partial charge in [-0.2, -0.15) is 0 Å². The van der Waals surface area contributed by atoms with E-state index in [1.165, 1.54) is 9.75 Å². The topological polar surface area (TPSA) is 49.3 Å². The summed E-state index contributed by atoms with van der Waals surface area (Å²) in [5.74, 6) is -0.898. The molecule has 0 fully saturated rings. The van der Waals surface area contributed by atoms with Crippen LogP contribution in [0.3, 0.4) is 0 Å². The maximum atomic E-state index is 10.9. The van der Waals surface area contributed by atoms with Gasteiger partial charge in [0, 0.05) is 27.9 Å². The summed E-state index contributed by atoms with van der Waals surface area (Å²) in [5, 5.41) is 12.3. The summed E-state index contributed by atoms with van der Waals surface area (Å²) < 4.78 is 0. The van der Waals surface area contributed by atoms with Gasteiger partial charge < -0.3 is 10.4 Å².